The van der Waals surface area contributed by atoms with E-state index in [9.17, 15) is 4.79 Å². The Bertz CT molecular complexity index is 949. The second kappa shape index (κ2) is 10.4. The number of rotatable bonds is 9. The van der Waals surface area contributed by atoms with Gasteiger partial charge in [-0.25, -0.2) is 9.97 Å². The van der Waals surface area contributed by atoms with Gasteiger partial charge in [0.05, 0.1) is 6.61 Å². The van der Waals surface area contributed by atoms with Crippen LogP contribution in [-0.4, -0.2) is 22.5 Å². The van der Waals surface area contributed by atoms with E-state index in [2.05, 4.69) is 39.7 Å². The van der Waals surface area contributed by atoms with E-state index < -0.39 is 0 Å². The average Bonchev–Trinajstić information content (AvgIpc) is 2.72. The molecular formula is C24H28N4O2. The van der Waals surface area contributed by atoms with Crippen LogP contribution < -0.4 is 15.4 Å². The molecule has 0 radical (unpaired) electrons. The zero-order chi connectivity index (χ0) is 21.3. The topological polar surface area (TPSA) is 76.1 Å². The van der Waals surface area contributed by atoms with E-state index in [0.717, 1.165) is 34.9 Å². The Kier molecular flexibility index (Phi) is 7.38. The largest absolute Gasteiger partial charge is 0.494 e. The van der Waals surface area contributed by atoms with E-state index in [1.54, 1.807) is 0 Å². The zero-order valence-electron chi connectivity index (χ0n) is 17.7. The van der Waals surface area contributed by atoms with Gasteiger partial charge < -0.3 is 15.4 Å². The lowest BCUT2D eigenvalue weighted by atomic mass is 10.2. The summed E-state index contributed by atoms with van der Waals surface area (Å²) in [5.74, 6) is 1.37. The molecule has 0 atom stereocenters. The lowest BCUT2D eigenvalue weighted by Gasteiger charge is -2.09. The van der Waals surface area contributed by atoms with Crippen LogP contribution in [-0.2, 0) is 11.2 Å². The molecule has 6 heteroatoms. The van der Waals surface area contributed by atoms with E-state index in [4.69, 9.17) is 4.74 Å². The average molecular weight is 405 g/mol. The van der Waals surface area contributed by atoms with Crippen LogP contribution in [0.2, 0.25) is 0 Å². The quantitative estimate of drug-likeness (QED) is 0.480. The van der Waals surface area contributed by atoms with Crippen LogP contribution in [0, 0.1) is 13.8 Å². The number of amides is 1. The van der Waals surface area contributed by atoms with E-state index in [1.807, 2.05) is 56.3 Å². The molecule has 1 aromatic heterocycles. The Morgan fingerprint density at radius 1 is 0.933 bits per heavy atom. The van der Waals surface area contributed by atoms with Crippen LogP contribution in [0.25, 0.3) is 0 Å². The van der Waals surface area contributed by atoms with Gasteiger partial charge in [-0.3, -0.25) is 4.79 Å². The number of nitrogens with one attached hydrogen (secondary N) is 2. The number of aromatic nitrogens is 2. The molecule has 1 amide bonds. The Labute approximate surface area is 177 Å². The number of ether oxygens (including phenoxy) is 1. The van der Waals surface area contributed by atoms with Crippen molar-refractivity contribution < 1.29 is 9.53 Å². The van der Waals surface area contributed by atoms with Crippen molar-refractivity contribution in [2.75, 3.05) is 17.2 Å². The van der Waals surface area contributed by atoms with Crippen molar-refractivity contribution in [3.05, 3.63) is 71.5 Å². The fourth-order valence-corrected chi connectivity index (χ4v) is 3.02. The number of hydrogen-bond donors (Lipinski definition) is 2. The van der Waals surface area contributed by atoms with Crippen LogP contribution in [0.15, 0.2) is 54.6 Å². The first-order chi connectivity index (χ1) is 14.5. The van der Waals surface area contributed by atoms with Gasteiger partial charge in [0.25, 0.3) is 0 Å². The first kappa shape index (κ1) is 21.3. The normalized spacial score (nSPS) is 10.5. The van der Waals surface area contributed by atoms with Gasteiger partial charge in [-0.2, -0.15) is 0 Å². The van der Waals surface area contributed by atoms with Crippen LogP contribution in [0.4, 0.5) is 17.3 Å². The fraction of sp³-hybridized carbons (Fsp3) is 0.292. The number of nitrogens with zero attached hydrogens (tertiary/aromatic N) is 2. The number of benzene rings is 2. The summed E-state index contributed by atoms with van der Waals surface area (Å²) in [5, 5.41) is 6.09. The first-order valence-corrected chi connectivity index (χ1v) is 10.2. The number of anilines is 3. The molecule has 1 heterocycles. The van der Waals surface area contributed by atoms with Gasteiger partial charge in [-0.15, -0.1) is 0 Å². The van der Waals surface area contributed by atoms with Crippen molar-refractivity contribution >= 4 is 23.2 Å². The number of carbonyl (C=O) groups excluding carboxylic acids is 1. The Morgan fingerprint density at radius 2 is 1.57 bits per heavy atom. The molecule has 0 spiro atoms. The maximum Gasteiger partial charge on any atom is 0.227 e. The Balaban J connectivity index is 1.41. The molecule has 0 saturated heterocycles. The molecule has 156 valence electrons. The lowest BCUT2D eigenvalue weighted by molar-refractivity contribution is -0.116. The highest BCUT2D eigenvalue weighted by atomic mass is 16.5. The summed E-state index contributed by atoms with van der Waals surface area (Å²) < 4.78 is 5.70. The molecular weight excluding hydrogens is 376 g/mol. The van der Waals surface area contributed by atoms with Gasteiger partial charge in [-0.05, 0) is 74.7 Å². The van der Waals surface area contributed by atoms with Crippen molar-refractivity contribution in [3.63, 3.8) is 0 Å². The SMILES string of the molecule is CCc1ccc(OCCCC(=O)Nc2ccc(Nc3nc(C)cc(C)n3)cc2)cc1. The van der Waals surface area contributed by atoms with Crippen molar-refractivity contribution in [3.8, 4) is 5.75 Å². The third-order valence-electron chi connectivity index (χ3n) is 4.56. The fourth-order valence-electron chi connectivity index (χ4n) is 3.02. The zero-order valence-corrected chi connectivity index (χ0v) is 17.7. The third-order valence-corrected chi connectivity index (χ3v) is 4.56. The van der Waals surface area contributed by atoms with E-state index in [1.165, 1.54) is 5.56 Å². The van der Waals surface area contributed by atoms with Gasteiger partial charge in [0, 0.05) is 29.2 Å². The van der Waals surface area contributed by atoms with Gasteiger partial charge in [0.2, 0.25) is 11.9 Å². The van der Waals surface area contributed by atoms with Crippen molar-refractivity contribution in [2.24, 2.45) is 0 Å². The minimum Gasteiger partial charge on any atom is -0.494 e. The highest BCUT2D eigenvalue weighted by Gasteiger charge is 2.05. The summed E-state index contributed by atoms with van der Waals surface area (Å²) in [6.45, 7) is 6.51. The smallest absolute Gasteiger partial charge is 0.227 e. The van der Waals surface area contributed by atoms with E-state index in [-0.39, 0.29) is 5.91 Å². The summed E-state index contributed by atoms with van der Waals surface area (Å²) in [4.78, 5) is 20.9. The molecule has 0 aliphatic rings. The van der Waals surface area contributed by atoms with E-state index >= 15 is 0 Å². The molecule has 0 aliphatic heterocycles. The Morgan fingerprint density at radius 3 is 2.20 bits per heavy atom. The number of carbonyl (C=O) groups is 1. The number of aryl methyl sites for hydroxylation is 3. The molecule has 2 aromatic carbocycles. The summed E-state index contributed by atoms with van der Waals surface area (Å²) in [7, 11) is 0. The molecule has 3 aromatic rings. The van der Waals surface area contributed by atoms with E-state index in [0.29, 0.717) is 25.4 Å². The predicted octanol–water partition coefficient (Wildman–Crippen LogP) is 5.20. The molecule has 0 saturated carbocycles. The number of hydrogen-bond acceptors (Lipinski definition) is 5. The summed E-state index contributed by atoms with van der Waals surface area (Å²) in [6, 6.07) is 17.5. The molecule has 0 bridgehead atoms. The van der Waals surface area contributed by atoms with Crippen LogP contribution in [0.5, 0.6) is 5.75 Å². The standard InChI is InChI=1S/C24H28N4O2/c1-4-19-7-13-22(14-8-19)30-15-5-6-23(29)27-20-9-11-21(12-10-20)28-24-25-17(2)16-18(3)26-24/h7-14,16H,4-6,15H2,1-3H3,(H,27,29)(H,25,26,28). The van der Waals surface area contributed by atoms with Crippen LogP contribution in [0.1, 0.15) is 36.7 Å². The highest BCUT2D eigenvalue weighted by Crippen LogP contribution is 2.18. The Hall–Kier alpha value is -3.41. The molecule has 2 N–H and O–H groups in total. The monoisotopic (exact) mass is 404 g/mol. The van der Waals surface area contributed by atoms with Crippen LogP contribution in [0.3, 0.4) is 0 Å². The molecule has 30 heavy (non-hydrogen) atoms. The van der Waals surface area contributed by atoms with Gasteiger partial charge in [0.1, 0.15) is 5.75 Å². The minimum atomic E-state index is -0.0294. The second-order valence-electron chi connectivity index (χ2n) is 7.17. The lowest BCUT2D eigenvalue weighted by Crippen LogP contribution is -2.12. The van der Waals surface area contributed by atoms with Crippen molar-refractivity contribution in [1.82, 2.24) is 9.97 Å². The van der Waals surface area contributed by atoms with Crippen molar-refractivity contribution in [1.29, 1.82) is 0 Å². The summed E-state index contributed by atoms with van der Waals surface area (Å²) in [5.41, 5.74) is 4.72. The molecule has 0 fully saturated rings. The summed E-state index contributed by atoms with van der Waals surface area (Å²) >= 11 is 0. The van der Waals surface area contributed by atoms with Gasteiger partial charge >= 0.3 is 0 Å². The third kappa shape index (κ3) is 6.58. The van der Waals surface area contributed by atoms with Gasteiger partial charge in [0.15, 0.2) is 0 Å². The maximum absolute atomic E-state index is 12.2. The molecule has 0 unspecified atom stereocenters. The molecule has 0 aliphatic carbocycles. The van der Waals surface area contributed by atoms with Crippen molar-refractivity contribution in [2.45, 2.75) is 40.0 Å². The first-order valence-electron chi connectivity index (χ1n) is 10.2. The summed E-state index contributed by atoms with van der Waals surface area (Å²) in [6.07, 6.45) is 2.07. The molecule has 6 nitrogen and oxygen atoms in total. The van der Waals surface area contributed by atoms with Gasteiger partial charge in [-0.1, -0.05) is 19.1 Å². The second-order valence-corrected chi connectivity index (χ2v) is 7.17. The minimum absolute atomic E-state index is 0.0294. The maximum atomic E-state index is 12.2. The highest BCUT2D eigenvalue weighted by molar-refractivity contribution is 5.90. The van der Waals surface area contributed by atoms with Crippen LogP contribution >= 0.6 is 0 Å². The predicted molar refractivity (Wildman–Crippen MR) is 120 cm³/mol. The molecule has 3 rings (SSSR count).